The van der Waals surface area contributed by atoms with Gasteiger partial charge in [0.15, 0.2) is 0 Å². The molecule has 0 amide bonds. The standard InChI is InChI=1S/C18H19N5O2/c24-23(25)17-5-3-16(4-6-17)22-18-11-14(1-2-15(18)12-20-22)13-21-9-7-19-8-10-21/h1-6,11-12,19H,7-10,13H2. The van der Waals surface area contributed by atoms with E-state index in [1.807, 2.05) is 10.9 Å². The molecule has 4 rings (SSSR count). The van der Waals surface area contributed by atoms with Crippen LogP contribution in [0.1, 0.15) is 5.56 Å². The van der Waals surface area contributed by atoms with Crippen molar-refractivity contribution in [3.63, 3.8) is 0 Å². The Balaban J connectivity index is 1.65. The first kappa shape index (κ1) is 15.7. The summed E-state index contributed by atoms with van der Waals surface area (Å²) in [5, 5.41) is 19.7. The Morgan fingerprint density at radius 3 is 2.60 bits per heavy atom. The van der Waals surface area contributed by atoms with Gasteiger partial charge in [0.05, 0.1) is 22.3 Å². The van der Waals surface area contributed by atoms with Crippen molar-refractivity contribution in [1.82, 2.24) is 20.0 Å². The zero-order chi connectivity index (χ0) is 17.2. The molecule has 0 saturated carbocycles. The van der Waals surface area contributed by atoms with Crippen LogP contribution in [0.4, 0.5) is 5.69 Å². The molecule has 1 saturated heterocycles. The second-order valence-electron chi connectivity index (χ2n) is 6.25. The number of nitrogens with one attached hydrogen (secondary N) is 1. The van der Waals surface area contributed by atoms with Gasteiger partial charge in [-0.2, -0.15) is 5.10 Å². The maximum atomic E-state index is 10.8. The number of fused-ring (bicyclic) bond motifs is 1. The summed E-state index contributed by atoms with van der Waals surface area (Å²) in [6.07, 6.45) is 1.82. The van der Waals surface area contributed by atoms with Crippen LogP contribution in [0.25, 0.3) is 16.6 Å². The number of non-ortho nitro benzene ring substituents is 1. The van der Waals surface area contributed by atoms with Crippen LogP contribution in [0.5, 0.6) is 0 Å². The second-order valence-corrected chi connectivity index (χ2v) is 6.25. The number of aromatic nitrogens is 2. The molecule has 0 spiro atoms. The van der Waals surface area contributed by atoms with Gasteiger partial charge >= 0.3 is 0 Å². The Labute approximate surface area is 145 Å². The summed E-state index contributed by atoms with van der Waals surface area (Å²) in [6, 6.07) is 12.9. The van der Waals surface area contributed by atoms with E-state index in [1.54, 1.807) is 12.1 Å². The van der Waals surface area contributed by atoms with Gasteiger partial charge in [-0.15, -0.1) is 0 Å². The highest BCUT2D eigenvalue weighted by Gasteiger charge is 2.12. The lowest BCUT2D eigenvalue weighted by molar-refractivity contribution is -0.384. The maximum Gasteiger partial charge on any atom is 0.269 e. The Bertz CT molecular complexity index is 897. The van der Waals surface area contributed by atoms with Gasteiger partial charge in [-0.3, -0.25) is 15.0 Å². The Morgan fingerprint density at radius 1 is 1.12 bits per heavy atom. The molecular weight excluding hydrogens is 318 g/mol. The molecule has 0 atom stereocenters. The Morgan fingerprint density at radius 2 is 1.88 bits per heavy atom. The van der Waals surface area contributed by atoms with E-state index in [-0.39, 0.29) is 5.69 Å². The molecule has 0 radical (unpaired) electrons. The lowest BCUT2D eigenvalue weighted by atomic mass is 10.1. The van der Waals surface area contributed by atoms with Crippen LogP contribution in [0.3, 0.4) is 0 Å². The van der Waals surface area contributed by atoms with Gasteiger partial charge in [0, 0.05) is 50.2 Å². The molecule has 1 aliphatic heterocycles. The number of rotatable bonds is 4. The van der Waals surface area contributed by atoms with Crippen molar-refractivity contribution in [2.45, 2.75) is 6.54 Å². The van der Waals surface area contributed by atoms with E-state index in [0.717, 1.165) is 49.3 Å². The van der Waals surface area contributed by atoms with E-state index in [1.165, 1.54) is 17.7 Å². The smallest absolute Gasteiger partial charge is 0.269 e. The quantitative estimate of drug-likeness (QED) is 0.584. The molecule has 128 valence electrons. The summed E-state index contributed by atoms with van der Waals surface area (Å²) in [4.78, 5) is 12.9. The van der Waals surface area contributed by atoms with E-state index >= 15 is 0 Å². The SMILES string of the molecule is O=[N+]([O-])c1ccc(-n2ncc3ccc(CN4CCNCC4)cc32)cc1. The van der Waals surface area contributed by atoms with Crippen LogP contribution in [0, 0.1) is 10.1 Å². The third kappa shape index (κ3) is 3.24. The minimum atomic E-state index is -0.392. The van der Waals surface area contributed by atoms with E-state index in [0.29, 0.717) is 0 Å². The molecule has 0 unspecified atom stereocenters. The zero-order valence-corrected chi connectivity index (χ0v) is 13.8. The van der Waals surface area contributed by atoms with Crippen molar-refractivity contribution in [3.05, 3.63) is 64.3 Å². The summed E-state index contributed by atoms with van der Waals surface area (Å²) >= 11 is 0. The number of nitrogens with zero attached hydrogens (tertiary/aromatic N) is 4. The third-order valence-corrected chi connectivity index (χ3v) is 4.56. The largest absolute Gasteiger partial charge is 0.314 e. The summed E-state index contributed by atoms with van der Waals surface area (Å²) in [5.41, 5.74) is 3.17. The fourth-order valence-electron chi connectivity index (χ4n) is 3.21. The first-order chi connectivity index (χ1) is 12.2. The normalized spacial score (nSPS) is 15.5. The molecule has 1 aromatic heterocycles. The predicted molar refractivity (Wildman–Crippen MR) is 95.9 cm³/mol. The average molecular weight is 337 g/mol. The highest BCUT2D eigenvalue weighted by Crippen LogP contribution is 2.22. The molecule has 1 aliphatic rings. The van der Waals surface area contributed by atoms with Crippen LogP contribution < -0.4 is 5.32 Å². The van der Waals surface area contributed by atoms with Gasteiger partial charge in [0.2, 0.25) is 0 Å². The van der Waals surface area contributed by atoms with Crippen molar-refractivity contribution in [3.8, 4) is 5.69 Å². The molecule has 0 bridgehead atoms. The first-order valence-corrected chi connectivity index (χ1v) is 8.35. The van der Waals surface area contributed by atoms with Crippen LogP contribution in [0.15, 0.2) is 48.7 Å². The fourth-order valence-corrected chi connectivity index (χ4v) is 3.21. The number of piperazine rings is 1. The maximum absolute atomic E-state index is 10.8. The van der Waals surface area contributed by atoms with Crippen molar-refractivity contribution in [2.24, 2.45) is 0 Å². The molecule has 1 fully saturated rings. The molecule has 7 nitrogen and oxygen atoms in total. The summed E-state index contributed by atoms with van der Waals surface area (Å²) < 4.78 is 1.83. The highest BCUT2D eigenvalue weighted by atomic mass is 16.6. The van der Waals surface area contributed by atoms with Crippen LogP contribution in [0.2, 0.25) is 0 Å². The number of hydrogen-bond acceptors (Lipinski definition) is 5. The summed E-state index contributed by atoms with van der Waals surface area (Å²) in [7, 11) is 0. The molecule has 25 heavy (non-hydrogen) atoms. The predicted octanol–water partition coefficient (Wildman–Crippen LogP) is 2.34. The van der Waals surface area contributed by atoms with Crippen LogP contribution in [-0.4, -0.2) is 45.8 Å². The van der Waals surface area contributed by atoms with Gasteiger partial charge in [-0.1, -0.05) is 12.1 Å². The number of nitro groups is 1. The Hall–Kier alpha value is -2.77. The van der Waals surface area contributed by atoms with Crippen molar-refractivity contribution >= 4 is 16.6 Å². The van der Waals surface area contributed by atoms with Crippen LogP contribution >= 0.6 is 0 Å². The molecular formula is C18H19N5O2. The van der Waals surface area contributed by atoms with Crippen molar-refractivity contribution in [1.29, 1.82) is 0 Å². The number of benzene rings is 2. The molecule has 1 N–H and O–H groups in total. The minimum Gasteiger partial charge on any atom is -0.314 e. The summed E-state index contributed by atoms with van der Waals surface area (Å²) in [5.74, 6) is 0. The molecule has 2 aromatic carbocycles. The number of nitro benzene ring substituents is 1. The van der Waals surface area contributed by atoms with Gasteiger partial charge in [0.1, 0.15) is 0 Å². The van der Waals surface area contributed by atoms with E-state index < -0.39 is 4.92 Å². The molecule has 2 heterocycles. The second kappa shape index (κ2) is 6.62. The first-order valence-electron chi connectivity index (χ1n) is 8.35. The van der Waals surface area contributed by atoms with Gasteiger partial charge in [-0.05, 0) is 23.8 Å². The minimum absolute atomic E-state index is 0.0830. The van der Waals surface area contributed by atoms with Crippen molar-refractivity contribution in [2.75, 3.05) is 26.2 Å². The van der Waals surface area contributed by atoms with Gasteiger partial charge < -0.3 is 5.32 Å². The average Bonchev–Trinajstić information content (AvgIpc) is 3.06. The molecule has 3 aromatic rings. The lowest BCUT2D eigenvalue weighted by Gasteiger charge is -2.27. The molecule has 7 heteroatoms. The lowest BCUT2D eigenvalue weighted by Crippen LogP contribution is -2.42. The summed E-state index contributed by atoms with van der Waals surface area (Å²) in [6.45, 7) is 5.09. The van der Waals surface area contributed by atoms with E-state index in [9.17, 15) is 10.1 Å². The van der Waals surface area contributed by atoms with Gasteiger partial charge in [-0.25, -0.2) is 4.68 Å². The monoisotopic (exact) mass is 337 g/mol. The van der Waals surface area contributed by atoms with Crippen LogP contribution in [-0.2, 0) is 6.54 Å². The zero-order valence-electron chi connectivity index (χ0n) is 13.8. The molecule has 0 aliphatic carbocycles. The van der Waals surface area contributed by atoms with Gasteiger partial charge in [0.25, 0.3) is 5.69 Å². The highest BCUT2D eigenvalue weighted by molar-refractivity contribution is 5.81. The Kier molecular flexibility index (Phi) is 4.17. The van der Waals surface area contributed by atoms with E-state index in [2.05, 4.69) is 33.5 Å². The topological polar surface area (TPSA) is 76.2 Å². The number of hydrogen-bond donors (Lipinski definition) is 1. The fraction of sp³-hybridized carbons (Fsp3) is 0.278. The van der Waals surface area contributed by atoms with Crippen molar-refractivity contribution < 1.29 is 4.92 Å². The third-order valence-electron chi connectivity index (χ3n) is 4.56. The van der Waals surface area contributed by atoms with E-state index in [4.69, 9.17) is 0 Å².